The molecule has 0 atom stereocenters. The van der Waals surface area contributed by atoms with Crippen LogP contribution >= 0.6 is 0 Å². The Bertz CT molecular complexity index is 368. The second kappa shape index (κ2) is 4.82. The molecule has 1 heteroatoms. The third-order valence-corrected chi connectivity index (χ3v) is 2.69. The normalized spacial score (nSPS) is 11.6. The van der Waals surface area contributed by atoms with Crippen molar-refractivity contribution in [2.24, 2.45) is 5.41 Å². The fraction of sp³-hybridized carbons (Fsp3) is 0.533. The highest BCUT2D eigenvalue weighted by atomic mass is 16.1. The van der Waals surface area contributed by atoms with E-state index in [1.165, 1.54) is 16.7 Å². The molecule has 0 saturated carbocycles. The Morgan fingerprint density at radius 3 is 2.06 bits per heavy atom. The minimum absolute atomic E-state index is 0.0616. The zero-order chi connectivity index (χ0) is 12.3. The molecule has 0 N–H and O–H groups in total. The van der Waals surface area contributed by atoms with Gasteiger partial charge in [-0.15, -0.1) is 0 Å². The van der Waals surface area contributed by atoms with Crippen molar-refractivity contribution in [1.29, 1.82) is 0 Å². The van der Waals surface area contributed by atoms with Crippen molar-refractivity contribution < 1.29 is 4.79 Å². The van der Waals surface area contributed by atoms with Gasteiger partial charge in [-0.25, -0.2) is 0 Å². The largest absolute Gasteiger partial charge is 0.300 e. The van der Waals surface area contributed by atoms with E-state index in [1.54, 1.807) is 6.92 Å². The summed E-state index contributed by atoms with van der Waals surface area (Å²) in [6.07, 6.45) is 1.62. The highest BCUT2D eigenvalue weighted by molar-refractivity contribution is 5.76. The fourth-order valence-corrected chi connectivity index (χ4v) is 2.46. The lowest BCUT2D eigenvalue weighted by Crippen LogP contribution is -2.18. The van der Waals surface area contributed by atoms with Crippen molar-refractivity contribution >= 4 is 5.78 Å². The lowest BCUT2D eigenvalue weighted by atomic mass is 9.81. The van der Waals surface area contributed by atoms with Crippen molar-refractivity contribution in [2.75, 3.05) is 0 Å². The van der Waals surface area contributed by atoms with Crippen LogP contribution in [-0.2, 0) is 11.2 Å². The molecule has 88 valence electrons. The Morgan fingerprint density at radius 1 is 1.12 bits per heavy atom. The van der Waals surface area contributed by atoms with Gasteiger partial charge in [0.15, 0.2) is 0 Å². The highest BCUT2D eigenvalue weighted by Gasteiger charge is 2.20. The summed E-state index contributed by atoms with van der Waals surface area (Å²) < 4.78 is 0. The Balaban J connectivity index is 2.83. The van der Waals surface area contributed by atoms with Gasteiger partial charge in [-0.2, -0.15) is 0 Å². The molecule has 0 amide bonds. The second-order valence-corrected chi connectivity index (χ2v) is 5.72. The van der Waals surface area contributed by atoms with E-state index in [4.69, 9.17) is 0 Å². The number of rotatable bonds is 4. The van der Waals surface area contributed by atoms with E-state index in [0.717, 1.165) is 6.42 Å². The monoisotopic (exact) mass is 218 g/mol. The van der Waals surface area contributed by atoms with Crippen molar-refractivity contribution in [3.05, 3.63) is 34.9 Å². The first-order valence-corrected chi connectivity index (χ1v) is 5.85. The molecular weight excluding hydrogens is 196 g/mol. The van der Waals surface area contributed by atoms with E-state index in [9.17, 15) is 4.79 Å². The van der Waals surface area contributed by atoms with Crippen LogP contribution in [0.2, 0.25) is 0 Å². The molecule has 1 rings (SSSR count). The van der Waals surface area contributed by atoms with Gasteiger partial charge in [-0.05, 0) is 38.2 Å². The summed E-state index contributed by atoms with van der Waals surface area (Å²) in [7, 11) is 0. The van der Waals surface area contributed by atoms with E-state index in [2.05, 4.69) is 45.9 Å². The molecule has 0 aliphatic carbocycles. The van der Waals surface area contributed by atoms with Crippen LogP contribution in [0.1, 0.15) is 43.9 Å². The topological polar surface area (TPSA) is 17.1 Å². The lowest BCUT2D eigenvalue weighted by Gasteiger charge is -2.23. The quantitative estimate of drug-likeness (QED) is 0.750. The van der Waals surface area contributed by atoms with Crippen LogP contribution in [0.3, 0.4) is 0 Å². The number of hydrogen-bond donors (Lipinski definition) is 0. The molecule has 0 spiro atoms. The predicted octanol–water partition coefficient (Wildman–Crippen LogP) is 3.85. The van der Waals surface area contributed by atoms with Crippen LogP contribution in [0, 0.1) is 19.3 Å². The number of aryl methyl sites for hydroxylation is 2. The molecule has 0 heterocycles. The molecule has 0 bridgehead atoms. The van der Waals surface area contributed by atoms with Crippen LogP contribution < -0.4 is 0 Å². The summed E-state index contributed by atoms with van der Waals surface area (Å²) in [5.74, 6) is 0.273. The van der Waals surface area contributed by atoms with Gasteiger partial charge in [0.2, 0.25) is 0 Å². The standard InChI is InChI=1S/C15H22O/c1-11-6-12(2)8-14(7-11)10-15(4,5)9-13(3)16/h6-8H,9-10H2,1-5H3. The molecule has 0 radical (unpaired) electrons. The first-order chi connectivity index (χ1) is 7.28. The van der Waals surface area contributed by atoms with E-state index in [1.807, 2.05) is 0 Å². The van der Waals surface area contributed by atoms with Gasteiger partial charge in [-0.3, -0.25) is 0 Å². The maximum atomic E-state index is 11.2. The third kappa shape index (κ3) is 4.18. The van der Waals surface area contributed by atoms with Gasteiger partial charge in [-0.1, -0.05) is 43.2 Å². The van der Waals surface area contributed by atoms with Crippen molar-refractivity contribution in [3.63, 3.8) is 0 Å². The molecule has 0 fully saturated rings. The van der Waals surface area contributed by atoms with Crippen molar-refractivity contribution in [3.8, 4) is 0 Å². The zero-order valence-electron chi connectivity index (χ0n) is 11.1. The van der Waals surface area contributed by atoms with Gasteiger partial charge in [0, 0.05) is 6.42 Å². The van der Waals surface area contributed by atoms with Gasteiger partial charge >= 0.3 is 0 Å². The number of Topliss-reactive ketones (excluding diaryl/α,β-unsaturated/α-hetero) is 1. The van der Waals surface area contributed by atoms with E-state index >= 15 is 0 Å². The van der Waals surface area contributed by atoms with Crippen LogP contribution in [0.25, 0.3) is 0 Å². The van der Waals surface area contributed by atoms with E-state index < -0.39 is 0 Å². The number of benzene rings is 1. The summed E-state index contributed by atoms with van der Waals surface area (Å²) in [6.45, 7) is 10.2. The SMILES string of the molecule is CC(=O)CC(C)(C)Cc1cc(C)cc(C)c1. The first kappa shape index (κ1) is 13.0. The summed E-state index contributed by atoms with van der Waals surface area (Å²) in [4.78, 5) is 11.2. The molecular formula is C15H22O. The van der Waals surface area contributed by atoms with Gasteiger partial charge in [0.05, 0.1) is 0 Å². The maximum Gasteiger partial charge on any atom is 0.130 e. The van der Waals surface area contributed by atoms with Gasteiger partial charge in [0.25, 0.3) is 0 Å². The number of carbonyl (C=O) groups excluding carboxylic acids is 1. The molecule has 16 heavy (non-hydrogen) atoms. The molecule has 1 nitrogen and oxygen atoms in total. The molecule has 0 unspecified atom stereocenters. The highest BCUT2D eigenvalue weighted by Crippen LogP contribution is 2.27. The first-order valence-electron chi connectivity index (χ1n) is 5.85. The molecule has 0 aliphatic rings. The van der Waals surface area contributed by atoms with Crippen molar-refractivity contribution in [2.45, 2.75) is 47.5 Å². The molecule has 0 saturated heterocycles. The van der Waals surface area contributed by atoms with Crippen LogP contribution in [0.5, 0.6) is 0 Å². The zero-order valence-corrected chi connectivity index (χ0v) is 11.1. The summed E-state index contributed by atoms with van der Waals surface area (Å²) >= 11 is 0. The van der Waals surface area contributed by atoms with Crippen LogP contribution in [-0.4, -0.2) is 5.78 Å². The van der Waals surface area contributed by atoms with Crippen LogP contribution in [0.15, 0.2) is 18.2 Å². The Labute approximate surface area is 98.9 Å². The summed E-state index contributed by atoms with van der Waals surface area (Å²) in [5, 5.41) is 0. The lowest BCUT2D eigenvalue weighted by molar-refractivity contribution is -0.118. The van der Waals surface area contributed by atoms with E-state index in [0.29, 0.717) is 6.42 Å². The predicted molar refractivity (Wildman–Crippen MR) is 68.7 cm³/mol. The Morgan fingerprint density at radius 2 is 1.62 bits per heavy atom. The average Bonchev–Trinajstić information content (AvgIpc) is 1.95. The van der Waals surface area contributed by atoms with Gasteiger partial charge in [0.1, 0.15) is 5.78 Å². The Kier molecular flexibility index (Phi) is 3.90. The van der Waals surface area contributed by atoms with Gasteiger partial charge < -0.3 is 4.79 Å². The van der Waals surface area contributed by atoms with Crippen molar-refractivity contribution in [1.82, 2.24) is 0 Å². The molecule has 1 aromatic carbocycles. The number of ketones is 1. The maximum absolute atomic E-state index is 11.2. The average molecular weight is 218 g/mol. The molecule has 1 aromatic rings. The molecule has 0 aromatic heterocycles. The smallest absolute Gasteiger partial charge is 0.130 e. The third-order valence-electron chi connectivity index (χ3n) is 2.69. The summed E-state index contributed by atoms with van der Waals surface area (Å²) in [6, 6.07) is 6.62. The number of hydrogen-bond acceptors (Lipinski definition) is 1. The fourth-order valence-electron chi connectivity index (χ4n) is 2.46. The van der Waals surface area contributed by atoms with Crippen LogP contribution in [0.4, 0.5) is 0 Å². The number of carbonyl (C=O) groups is 1. The Hall–Kier alpha value is -1.11. The van der Waals surface area contributed by atoms with E-state index in [-0.39, 0.29) is 11.2 Å². The molecule has 0 aliphatic heterocycles. The summed E-state index contributed by atoms with van der Waals surface area (Å²) in [5.41, 5.74) is 4.00. The minimum atomic E-state index is 0.0616. The second-order valence-electron chi connectivity index (χ2n) is 5.72. The minimum Gasteiger partial charge on any atom is -0.300 e.